The summed E-state index contributed by atoms with van der Waals surface area (Å²) >= 11 is 0. The largest absolute Gasteiger partial charge is 0.396 e. The first-order valence-corrected chi connectivity index (χ1v) is 5.11. The van der Waals surface area contributed by atoms with Crippen molar-refractivity contribution in [3.05, 3.63) is 12.2 Å². The highest BCUT2D eigenvalue weighted by molar-refractivity contribution is 4.85. The maximum Gasteiger partial charge on any atom is 0.0433 e. The van der Waals surface area contributed by atoms with Crippen LogP contribution in [-0.2, 0) is 0 Å². The summed E-state index contributed by atoms with van der Waals surface area (Å²) in [6.07, 6.45) is 5.92. The maximum atomic E-state index is 8.79. The van der Waals surface area contributed by atoms with Crippen molar-refractivity contribution in [2.45, 2.75) is 39.7 Å². The number of aliphatic hydroxyl groups excluding tert-OH is 1. The molecule has 0 aliphatic carbocycles. The van der Waals surface area contributed by atoms with E-state index >= 15 is 0 Å². The summed E-state index contributed by atoms with van der Waals surface area (Å²) < 4.78 is 0. The Bertz CT molecular complexity index is 145. The van der Waals surface area contributed by atoms with E-state index in [4.69, 9.17) is 10.8 Å². The first-order chi connectivity index (χ1) is 6.13. The van der Waals surface area contributed by atoms with E-state index in [2.05, 4.69) is 19.9 Å². The maximum absolute atomic E-state index is 8.79. The first kappa shape index (κ1) is 12.7. The van der Waals surface area contributed by atoms with Crippen molar-refractivity contribution in [1.82, 2.24) is 0 Å². The molecule has 3 atom stereocenters. The minimum absolute atomic E-state index is 0.220. The smallest absolute Gasteiger partial charge is 0.0433 e. The lowest BCUT2D eigenvalue weighted by Gasteiger charge is -2.24. The van der Waals surface area contributed by atoms with Crippen LogP contribution in [0.25, 0.3) is 0 Å². The molecular formula is C11H23NO. The fourth-order valence-corrected chi connectivity index (χ4v) is 1.40. The molecule has 0 rings (SSSR count). The van der Waals surface area contributed by atoms with E-state index in [0.717, 1.165) is 12.8 Å². The second kappa shape index (κ2) is 7.10. The van der Waals surface area contributed by atoms with Gasteiger partial charge in [0, 0.05) is 12.6 Å². The zero-order valence-electron chi connectivity index (χ0n) is 9.03. The van der Waals surface area contributed by atoms with Crippen molar-refractivity contribution in [3.63, 3.8) is 0 Å². The average Bonchev–Trinajstić information content (AvgIpc) is 2.13. The van der Waals surface area contributed by atoms with Gasteiger partial charge in [0.25, 0.3) is 0 Å². The van der Waals surface area contributed by atoms with Crippen LogP contribution in [0.3, 0.4) is 0 Å². The second-order valence-corrected chi connectivity index (χ2v) is 3.82. The Labute approximate surface area is 81.8 Å². The van der Waals surface area contributed by atoms with Gasteiger partial charge in [0.15, 0.2) is 0 Å². The third-order valence-electron chi connectivity index (χ3n) is 2.80. The normalized spacial score (nSPS) is 18.8. The molecular weight excluding hydrogens is 162 g/mol. The molecule has 0 spiro atoms. The Morgan fingerprint density at radius 2 is 2.00 bits per heavy atom. The quantitative estimate of drug-likeness (QED) is 0.621. The Morgan fingerprint density at radius 1 is 1.38 bits per heavy atom. The van der Waals surface area contributed by atoms with Gasteiger partial charge in [-0.3, -0.25) is 0 Å². The highest BCUT2D eigenvalue weighted by Crippen LogP contribution is 2.19. The third-order valence-corrected chi connectivity index (χ3v) is 2.80. The zero-order chi connectivity index (χ0) is 10.3. The number of allylic oxidation sites excluding steroid dienone is 1. The molecule has 0 aromatic heterocycles. The SMILES string of the molecule is C/C=C\CC(N)C(C)C(C)CCO. The van der Waals surface area contributed by atoms with Gasteiger partial charge in [-0.05, 0) is 31.6 Å². The molecule has 0 fully saturated rings. The van der Waals surface area contributed by atoms with Gasteiger partial charge < -0.3 is 10.8 Å². The Hall–Kier alpha value is -0.340. The fraction of sp³-hybridized carbons (Fsp3) is 0.818. The molecule has 2 nitrogen and oxygen atoms in total. The van der Waals surface area contributed by atoms with Crippen LogP contribution in [0, 0.1) is 11.8 Å². The molecule has 78 valence electrons. The van der Waals surface area contributed by atoms with Gasteiger partial charge in [0.1, 0.15) is 0 Å². The van der Waals surface area contributed by atoms with E-state index in [-0.39, 0.29) is 12.6 Å². The molecule has 3 N–H and O–H groups in total. The van der Waals surface area contributed by atoms with Gasteiger partial charge in [-0.2, -0.15) is 0 Å². The van der Waals surface area contributed by atoms with Crippen LogP contribution in [-0.4, -0.2) is 17.8 Å². The van der Waals surface area contributed by atoms with E-state index in [0.29, 0.717) is 11.8 Å². The van der Waals surface area contributed by atoms with Gasteiger partial charge in [-0.15, -0.1) is 0 Å². The summed E-state index contributed by atoms with van der Waals surface area (Å²) in [5.74, 6) is 0.980. The predicted molar refractivity (Wildman–Crippen MR) is 57.4 cm³/mol. The van der Waals surface area contributed by atoms with Gasteiger partial charge in [0.05, 0.1) is 0 Å². The van der Waals surface area contributed by atoms with Gasteiger partial charge in [-0.1, -0.05) is 26.0 Å². The molecule has 0 amide bonds. The molecule has 0 saturated heterocycles. The van der Waals surface area contributed by atoms with E-state index in [1.807, 2.05) is 13.0 Å². The van der Waals surface area contributed by atoms with Crippen LogP contribution < -0.4 is 5.73 Å². The second-order valence-electron chi connectivity index (χ2n) is 3.82. The molecule has 0 aromatic carbocycles. The number of hydrogen-bond donors (Lipinski definition) is 2. The number of rotatable bonds is 6. The summed E-state index contributed by atoms with van der Waals surface area (Å²) in [6.45, 7) is 6.58. The molecule has 0 radical (unpaired) electrons. The minimum Gasteiger partial charge on any atom is -0.396 e. The predicted octanol–water partition coefficient (Wildman–Crippen LogP) is 1.93. The van der Waals surface area contributed by atoms with Gasteiger partial charge >= 0.3 is 0 Å². The Morgan fingerprint density at radius 3 is 2.46 bits per heavy atom. The van der Waals surface area contributed by atoms with Crippen LogP contribution in [0.2, 0.25) is 0 Å². The molecule has 0 heterocycles. The van der Waals surface area contributed by atoms with Gasteiger partial charge in [-0.25, -0.2) is 0 Å². The lowest BCUT2D eigenvalue weighted by Crippen LogP contribution is -2.32. The summed E-state index contributed by atoms with van der Waals surface area (Å²) in [4.78, 5) is 0. The minimum atomic E-state index is 0.220. The zero-order valence-corrected chi connectivity index (χ0v) is 9.03. The van der Waals surface area contributed by atoms with E-state index in [9.17, 15) is 0 Å². The monoisotopic (exact) mass is 185 g/mol. The number of nitrogens with two attached hydrogens (primary N) is 1. The Balaban J connectivity index is 3.85. The lowest BCUT2D eigenvalue weighted by atomic mass is 9.86. The molecule has 3 unspecified atom stereocenters. The van der Waals surface area contributed by atoms with Crippen molar-refractivity contribution in [2.24, 2.45) is 17.6 Å². The average molecular weight is 185 g/mol. The van der Waals surface area contributed by atoms with Crippen LogP contribution in [0.4, 0.5) is 0 Å². The number of aliphatic hydroxyl groups is 1. The molecule has 0 aromatic rings. The third kappa shape index (κ3) is 5.06. The molecule has 0 bridgehead atoms. The van der Waals surface area contributed by atoms with Crippen molar-refractivity contribution in [1.29, 1.82) is 0 Å². The lowest BCUT2D eigenvalue weighted by molar-refractivity contribution is 0.221. The number of hydrogen-bond acceptors (Lipinski definition) is 2. The molecule has 2 heteroatoms. The summed E-state index contributed by atoms with van der Waals surface area (Å²) in [5, 5.41) is 8.79. The van der Waals surface area contributed by atoms with Crippen LogP contribution >= 0.6 is 0 Å². The van der Waals surface area contributed by atoms with Crippen molar-refractivity contribution in [3.8, 4) is 0 Å². The van der Waals surface area contributed by atoms with Crippen molar-refractivity contribution < 1.29 is 5.11 Å². The highest BCUT2D eigenvalue weighted by Gasteiger charge is 2.17. The molecule has 0 aliphatic heterocycles. The van der Waals surface area contributed by atoms with Crippen molar-refractivity contribution in [2.75, 3.05) is 6.61 Å². The summed E-state index contributed by atoms with van der Waals surface area (Å²) in [5.41, 5.74) is 6.00. The van der Waals surface area contributed by atoms with Crippen LogP contribution in [0.15, 0.2) is 12.2 Å². The van der Waals surface area contributed by atoms with E-state index < -0.39 is 0 Å². The summed E-state index contributed by atoms with van der Waals surface area (Å²) in [7, 11) is 0. The topological polar surface area (TPSA) is 46.2 Å². The first-order valence-electron chi connectivity index (χ1n) is 5.11. The standard InChI is InChI=1S/C11H23NO/c1-4-5-6-11(12)10(3)9(2)7-8-13/h4-5,9-11,13H,6-8,12H2,1-3H3/b5-4-. The fourth-order valence-electron chi connectivity index (χ4n) is 1.40. The van der Waals surface area contributed by atoms with Crippen molar-refractivity contribution >= 4 is 0 Å². The summed E-state index contributed by atoms with van der Waals surface area (Å²) in [6, 6.07) is 0.220. The molecule has 0 aliphatic rings. The van der Waals surface area contributed by atoms with Crippen LogP contribution in [0.1, 0.15) is 33.6 Å². The highest BCUT2D eigenvalue weighted by atomic mass is 16.3. The Kier molecular flexibility index (Phi) is 6.92. The van der Waals surface area contributed by atoms with E-state index in [1.165, 1.54) is 0 Å². The van der Waals surface area contributed by atoms with Gasteiger partial charge in [0.2, 0.25) is 0 Å². The van der Waals surface area contributed by atoms with E-state index in [1.54, 1.807) is 0 Å². The molecule has 13 heavy (non-hydrogen) atoms. The molecule has 0 saturated carbocycles. The van der Waals surface area contributed by atoms with Crippen LogP contribution in [0.5, 0.6) is 0 Å².